The zero-order chi connectivity index (χ0) is 21.5. The van der Waals surface area contributed by atoms with Crippen molar-refractivity contribution in [1.29, 1.82) is 0 Å². The molecule has 2 aromatic rings. The standard InChI is InChI=1S/C21H25F4NO3.ClH/c22-18-6-2-1-4-16(18)5-3-11-29-19-8-7-15(12-17(19)21(23,24)25)9-10-20(26,13-27)14-28;/h1-2,4,6-8,12,27-28H,3,5,9-11,13-14,26H2;1H. The second-order valence-corrected chi connectivity index (χ2v) is 7.05. The van der Waals surface area contributed by atoms with Crippen LogP contribution in [0.2, 0.25) is 0 Å². The summed E-state index contributed by atoms with van der Waals surface area (Å²) < 4.78 is 59.2. The van der Waals surface area contributed by atoms with Gasteiger partial charge in [-0.05, 0) is 55.0 Å². The number of benzene rings is 2. The lowest BCUT2D eigenvalue weighted by Gasteiger charge is -2.24. The summed E-state index contributed by atoms with van der Waals surface area (Å²) in [6.45, 7) is -0.935. The van der Waals surface area contributed by atoms with E-state index >= 15 is 0 Å². The molecule has 0 aliphatic heterocycles. The van der Waals surface area contributed by atoms with Crippen molar-refractivity contribution in [2.75, 3.05) is 19.8 Å². The molecular weight excluding hydrogens is 426 g/mol. The van der Waals surface area contributed by atoms with E-state index in [1.807, 2.05) is 0 Å². The predicted molar refractivity (Wildman–Crippen MR) is 108 cm³/mol. The summed E-state index contributed by atoms with van der Waals surface area (Å²) in [4.78, 5) is 0. The van der Waals surface area contributed by atoms with E-state index in [-0.39, 0.29) is 43.4 Å². The van der Waals surface area contributed by atoms with Crippen LogP contribution in [0.15, 0.2) is 42.5 Å². The van der Waals surface area contributed by atoms with Crippen LogP contribution in [-0.4, -0.2) is 35.6 Å². The van der Waals surface area contributed by atoms with Gasteiger partial charge in [0, 0.05) is 0 Å². The Balaban J connectivity index is 0.00000450. The Morgan fingerprint density at radius 1 is 0.967 bits per heavy atom. The number of ether oxygens (including phenoxy) is 1. The van der Waals surface area contributed by atoms with Gasteiger partial charge in [-0.1, -0.05) is 24.3 Å². The molecule has 9 heteroatoms. The summed E-state index contributed by atoms with van der Waals surface area (Å²) in [5, 5.41) is 18.4. The van der Waals surface area contributed by atoms with E-state index in [1.54, 1.807) is 18.2 Å². The van der Waals surface area contributed by atoms with E-state index in [9.17, 15) is 27.8 Å². The topological polar surface area (TPSA) is 75.7 Å². The molecule has 0 saturated heterocycles. The SMILES string of the molecule is Cl.NC(CO)(CO)CCc1ccc(OCCCc2ccccc2F)c(C(F)(F)F)c1. The third kappa shape index (κ3) is 7.43. The smallest absolute Gasteiger partial charge is 0.419 e. The molecule has 0 heterocycles. The fourth-order valence-corrected chi connectivity index (χ4v) is 2.83. The highest BCUT2D eigenvalue weighted by molar-refractivity contribution is 5.85. The second kappa shape index (κ2) is 11.5. The molecule has 0 spiro atoms. The Morgan fingerprint density at radius 2 is 1.63 bits per heavy atom. The maximum Gasteiger partial charge on any atom is 0.419 e. The molecule has 4 nitrogen and oxygen atoms in total. The molecule has 0 unspecified atom stereocenters. The number of nitrogens with two attached hydrogens (primary N) is 1. The summed E-state index contributed by atoms with van der Waals surface area (Å²) in [6, 6.07) is 9.96. The Bertz CT molecular complexity index is 798. The minimum Gasteiger partial charge on any atom is -0.493 e. The van der Waals surface area contributed by atoms with Crippen molar-refractivity contribution in [2.24, 2.45) is 5.73 Å². The second-order valence-electron chi connectivity index (χ2n) is 7.05. The average Bonchev–Trinajstić information content (AvgIpc) is 2.70. The first-order chi connectivity index (χ1) is 13.7. The Morgan fingerprint density at radius 3 is 2.23 bits per heavy atom. The number of hydrogen-bond donors (Lipinski definition) is 3. The molecule has 0 saturated carbocycles. The van der Waals surface area contributed by atoms with Gasteiger partial charge in [0.05, 0.1) is 30.9 Å². The minimum atomic E-state index is -4.61. The third-order valence-corrected chi connectivity index (χ3v) is 4.70. The number of halogens is 5. The lowest BCUT2D eigenvalue weighted by atomic mass is 9.93. The quantitative estimate of drug-likeness (QED) is 0.378. The van der Waals surface area contributed by atoms with Crippen molar-refractivity contribution in [3.8, 4) is 5.75 Å². The molecule has 2 rings (SSSR count). The van der Waals surface area contributed by atoms with Gasteiger partial charge in [-0.15, -0.1) is 12.4 Å². The summed E-state index contributed by atoms with van der Waals surface area (Å²) in [5.74, 6) is -0.646. The maximum absolute atomic E-state index is 13.6. The molecule has 30 heavy (non-hydrogen) atoms. The summed E-state index contributed by atoms with van der Waals surface area (Å²) in [5.41, 5.74) is 4.46. The summed E-state index contributed by atoms with van der Waals surface area (Å²) in [7, 11) is 0. The molecule has 0 radical (unpaired) electrons. The van der Waals surface area contributed by atoms with Crippen LogP contribution in [0, 0.1) is 5.82 Å². The highest BCUT2D eigenvalue weighted by Crippen LogP contribution is 2.37. The molecular formula is C21H26ClF4NO3. The molecule has 0 aromatic heterocycles. The molecule has 0 aliphatic carbocycles. The van der Waals surface area contributed by atoms with Gasteiger partial charge in [-0.3, -0.25) is 0 Å². The number of aryl methyl sites for hydroxylation is 2. The van der Waals surface area contributed by atoms with E-state index in [0.717, 1.165) is 6.07 Å². The number of aliphatic hydroxyl groups is 2. The molecule has 0 amide bonds. The van der Waals surface area contributed by atoms with Crippen molar-refractivity contribution in [2.45, 2.75) is 37.4 Å². The largest absolute Gasteiger partial charge is 0.493 e. The number of hydrogen-bond acceptors (Lipinski definition) is 4. The van der Waals surface area contributed by atoms with Crippen LogP contribution >= 0.6 is 12.4 Å². The molecule has 4 N–H and O–H groups in total. The van der Waals surface area contributed by atoms with Crippen molar-refractivity contribution >= 4 is 12.4 Å². The fraction of sp³-hybridized carbons (Fsp3) is 0.429. The highest BCUT2D eigenvalue weighted by atomic mass is 35.5. The van der Waals surface area contributed by atoms with E-state index in [0.29, 0.717) is 24.0 Å². The van der Waals surface area contributed by atoms with Gasteiger partial charge in [-0.25, -0.2) is 4.39 Å². The molecule has 0 fully saturated rings. The van der Waals surface area contributed by atoms with Crippen LogP contribution in [-0.2, 0) is 19.0 Å². The van der Waals surface area contributed by atoms with Gasteiger partial charge < -0.3 is 20.7 Å². The maximum atomic E-state index is 13.6. The number of alkyl halides is 3. The fourth-order valence-electron chi connectivity index (χ4n) is 2.83. The van der Waals surface area contributed by atoms with Gasteiger partial charge in [0.25, 0.3) is 0 Å². The van der Waals surface area contributed by atoms with Gasteiger partial charge in [0.2, 0.25) is 0 Å². The van der Waals surface area contributed by atoms with Gasteiger partial charge in [-0.2, -0.15) is 13.2 Å². The Labute approximate surface area is 179 Å². The highest BCUT2D eigenvalue weighted by Gasteiger charge is 2.35. The third-order valence-electron chi connectivity index (χ3n) is 4.70. The van der Waals surface area contributed by atoms with Crippen LogP contribution in [0.5, 0.6) is 5.75 Å². The van der Waals surface area contributed by atoms with Crippen LogP contribution in [0.3, 0.4) is 0 Å². The first kappa shape index (κ1) is 26.2. The van der Waals surface area contributed by atoms with E-state index in [1.165, 1.54) is 18.2 Å². The monoisotopic (exact) mass is 451 g/mol. The molecule has 168 valence electrons. The molecule has 0 aliphatic rings. The van der Waals surface area contributed by atoms with E-state index in [4.69, 9.17) is 10.5 Å². The van der Waals surface area contributed by atoms with E-state index < -0.39 is 30.5 Å². The zero-order valence-electron chi connectivity index (χ0n) is 16.3. The minimum absolute atomic E-state index is 0. The number of aliphatic hydroxyl groups excluding tert-OH is 2. The van der Waals surface area contributed by atoms with Crippen molar-refractivity contribution < 1.29 is 32.5 Å². The first-order valence-electron chi connectivity index (χ1n) is 9.25. The Hall–Kier alpha value is -1.87. The van der Waals surface area contributed by atoms with Gasteiger partial charge >= 0.3 is 6.18 Å². The predicted octanol–water partition coefficient (Wildman–Crippen LogP) is 3.89. The average molecular weight is 452 g/mol. The normalized spacial score (nSPS) is 11.8. The van der Waals surface area contributed by atoms with Gasteiger partial charge in [0.1, 0.15) is 11.6 Å². The lowest BCUT2D eigenvalue weighted by molar-refractivity contribution is -0.139. The van der Waals surface area contributed by atoms with Crippen molar-refractivity contribution in [3.63, 3.8) is 0 Å². The van der Waals surface area contributed by atoms with Crippen LogP contribution in [0.4, 0.5) is 17.6 Å². The number of rotatable bonds is 10. The summed E-state index contributed by atoms with van der Waals surface area (Å²) in [6.07, 6.45) is -3.60. The van der Waals surface area contributed by atoms with Crippen LogP contribution in [0.25, 0.3) is 0 Å². The molecule has 2 aromatic carbocycles. The van der Waals surface area contributed by atoms with Crippen LogP contribution in [0.1, 0.15) is 29.5 Å². The Kier molecular flexibility index (Phi) is 10.0. The lowest BCUT2D eigenvalue weighted by Crippen LogP contribution is -2.47. The van der Waals surface area contributed by atoms with Gasteiger partial charge in [0.15, 0.2) is 0 Å². The first-order valence-corrected chi connectivity index (χ1v) is 9.25. The zero-order valence-corrected chi connectivity index (χ0v) is 17.1. The van der Waals surface area contributed by atoms with Crippen LogP contribution < -0.4 is 10.5 Å². The summed E-state index contributed by atoms with van der Waals surface area (Å²) >= 11 is 0. The van der Waals surface area contributed by atoms with E-state index in [2.05, 4.69) is 0 Å². The van der Waals surface area contributed by atoms with Crippen molar-refractivity contribution in [1.82, 2.24) is 0 Å². The van der Waals surface area contributed by atoms with Crippen molar-refractivity contribution in [3.05, 3.63) is 65.0 Å². The molecule has 0 atom stereocenters. The molecule has 0 bridgehead atoms.